The number of methoxy groups -OCH3 is 1. The number of esters is 1. The van der Waals surface area contributed by atoms with Crippen molar-refractivity contribution in [3.63, 3.8) is 0 Å². The standard InChI is InChI=1S/C9H13NO3/c1-4-5-6-8(11)10(2)7-9(12)13-3/h1H,5-7H2,2-3H3. The van der Waals surface area contributed by atoms with Gasteiger partial charge in [-0.15, -0.1) is 12.3 Å². The van der Waals surface area contributed by atoms with Crippen LogP contribution < -0.4 is 0 Å². The fourth-order valence-corrected chi connectivity index (χ4v) is 0.716. The summed E-state index contributed by atoms with van der Waals surface area (Å²) < 4.78 is 4.40. The highest BCUT2D eigenvalue weighted by molar-refractivity contribution is 5.81. The van der Waals surface area contributed by atoms with Crippen LogP contribution in [0.1, 0.15) is 12.8 Å². The van der Waals surface area contributed by atoms with E-state index in [1.165, 1.54) is 19.1 Å². The molecule has 0 saturated carbocycles. The van der Waals surface area contributed by atoms with Crippen molar-refractivity contribution in [2.24, 2.45) is 0 Å². The molecule has 1 amide bonds. The molecule has 0 aromatic carbocycles. The molecule has 0 aliphatic heterocycles. The zero-order valence-corrected chi connectivity index (χ0v) is 7.87. The number of nitrogens with zero attached hydrogens (tertiary/aromatic N) is 1. The van der Waals surface area contributed by atoms with Gasteiger partial charge in [0.2, 0.25) is 5.91 Å². The summed E-state index contributed by atoms with van der Waals surface area (Å²) in [6.45, 7) is -0.0279. The Labute approximate surface area is 77.9 Å². The molecule has 0 bridgehead atoms. The SMILES string of the molecule is C#CCCC(=O)N(C)CC(=O)OC. The van der Waals surface area contributed by atoms with Crippen molar-refractivity contribution in [2.45, 2.75) is 12.8 Å². The molecule has 0 atom stereocenters. The number of carbonyl (C=O) groups excluding carboxylic acids is 2. The fraction of sp³-hybridized carbons (Fsp3) is 0.556. The quantitative estimate of drug-likeness (QED) is 0.456. The molecule has 0 aromatic rings. The first kappa shape index (κ1) is 11.5. The highest BCUT2D eigenvalue weighted by Gasteiger charge is 2.11. The van der Waals surface area contributed by atoms with E-state index < -0.39 is 5.97 Å². The van der Waals surface area contributed by atoms with Gasteiger partial charge in [-0.2, -0.15) is 0 Å². The Bertz CT molecular complexity index is 230. The molecule has 4 heteroatoms. The van der Waals surface area contributed by atoms with Gasteiger partial charge < -0.3 is 9.64 Å². The Morgan fingerprint density at radius 1 is 1.54 bits per heavy atom. The minimum Gasteiger partial charge on any atom is -0.468 e. The zero-order valence-electron chi connectivity index (χ0n) is 7.87. The predicted molar refractivity (Wildman–Crippen MR) is 47.7 cm³/mol. The smallest absolute Gasteiger partial charge is 0.325 e. The molecule has 72 valence electrons. The van der Waals surface area contributed by atoms with Crippen LogP contribution >= 0.6 is 0 Å². The van der Waals surface area contributed by atoms with Crippen LogP contribution in [0.3, 0.4) is 0 Å². The highest BCUT2D eigenvalue weighted by Crippen LogP contribution is 1.94. The van der Waals surface area contributed by atoms with E-state index in [1.807, 2.05) is 0 Å². The van der Waals surface area contributed by atoms with Crippen molar-refractivity contribution in [3.8, 4) is 12.3 Å². The average molecular weight is 183 g/mol. The van der Waals surface area contributed by atoms with Crippen LogP contribution in [0, 0.1) is 12.3 Å². The Hall–Kier alpha value is -1.50. The lowest BCUT2D eigenvalue weighted by Gasteiger charge is -2.14. The van der Waals surface area contributed by atoms with E-state index in [-0.39, 0.29) is 18.9 Å². The van der Waals surface area contributed by atoms with Crippen LogP contribution in [-0.2, 0) is 14.3 Å². The molecule has 0 N–H and O–H groups in total. The lowest BCUT2D eigenvalue weighted by Crippen LogP contribution is -2.32. The van der Waals surface area contributed by atoms with E-state index in [0.29, 0.717) is 6.42 Å². The normalized spacial score (nSPS) is 8.69. The summed E-state index contributed by atoms with van der Waals surface area (Å²) in [5.74, 6) is 1.77. The first-order chi connectivity index (χ1) is 6.11. The summed E-state index contributed by atoms with van der Waals surface area (Å²) in [7, 11) is 2.82. The Morgan fingerprint density at radius 2 is 2.15 bits per heavy atom. The number of rotatable bonds is 4. The number of ether oxygens (including phenoxy) is 1. The highest BCUT2D eigenvalue weighted by atomic mass is 16.5. The van der Waals surface area contributed by atoms with E-state index >= 15 is 0 Å². The van der Waals surface area contributed by atoms with E-state index in [4.69, 9.17) is 6.42 Å². The third kappa shape index (κ3) is 4.86. The van der Waals surface area contributed by atoms with Gasteiger partial charge in [0.15, 0.2) is 0 Å². The molecule has 0 aromatic heterocycles. The third-order valence-electron chi connectivity index (χ3n) is 1.50. The first-order valence-electron chi connectivity index (χ1n) is 3.86. The predicted octanol–water partition coefficient (Wildman–Crippen LogP) is 0.0312. The first-order valence-corrected chi connectivity index (χ1v) is 3.86. The molecule has 0 aliphatic carbocycles. The fourth-order valence-electron chi connectivity index (χ4n) is 0.716. The van der Waals surface area contributed by atoms with Gasteiger partial charge in [0.05, 0.1) is 7.11 Å². The summed E-state index contributed by atoms with van der Waals surface area (Å²) in [5, 5.41) is 0. The van der Waals surface area contributed by atoms with Crippen molar-refractivity contribution in [2.75, 3.05) is 20.7 Å². The third-order valence-corrected chi connectivity index (χ3v) is 1.50. The number of hydrogen-bond donors (Lipinski definition) is 0. The van der Waals surface area contributed by atoms with Crippen molar-refractivity contribution in [1.82, 2.24) is 4.90 Å². The van der Waals surface area contributed by atoms with Crippen molar-refractivity contribution in [1.29, 1.82) is 0 Å². The second-order valence-electron chi connectivity index (χ2n) is 2.53. The summed E-state index contributed by atoms with van der Waals surface area (Å²) in [6, 6.07) is 0. The lowest BCUT2D eigenvalue weighted by atomic mass is 10.3. The molecular weight excluding hydrogens is 170 g/mol. The number of carbonyl (C=O) groups is 2. The van der Waals surface area contributed by atoms with Crippen LogP contribution in [0.15, 0.2) is 0 Å². The second-order valence-corrected chi connectivity index (χ2v) is 2.53. The maximum Gasteiger partial charge on any atom is 0.325 e. The van der Waals surface area contributed by atoms with Gasteiger partial charge in [-0.05, 0) is 0 Å². The molecule has 0 spiro atoms. The van der Waals surface area contributed by atoms with E-state index in [9.17, 15) is 9.59 Å². The second kappa shape index (κ2) is 6.06. The van der Waals surface area contributed by atoms with Crippen molar-refractivity contribution < 1.29 is 14.3 Å². The van der Waals surface area contributed by atoms with Gasteiger partial charge in [-0.3, -0.25) is 9.59 Å². The monoisotopic (exact) mass is 183 g/mol. The maximum absolute atomic E-state index is 11.2. The van der Waals surface area contributed by atoms with Crippen LogP contribution in [0.2, 0.25) is 0 Å². The molecule has 0 unspecified atom stereocenters. The molecule has 0 heterocycles. The van der Waals surface area contributed by atoms with Gasteiger partial charge in [0, 0.05) is 19.9 Å². The van der Waals surface area contributed by atoms with Gasteiger partial charge in [-0.1, -0.05) is 0 Å². The molecule has 13 heavy (non-hydrogen) atoms. The number of terminal acetylenes is 1. The topological polar surface area (TPSA) is 46.6 Å². The molecule has 4 nitrogen and oxygen atoms in total. The maximum atomic E-state index is 11.2. The van der Waals surface area contributed by atoms with Crippen LogP contribution in [0.25, 0.3) is 0 Å². The minimum atomic E-state index is -0.434. The summed E-state index contributed by atoms with van der Waals surface area (Å²) >= 11 is 0. The molecule has 0 rings (SSSR count). The van der Waals surface area contributed by atoms with Crippen LogP contribution in [0.4, 0.5) is 0 Å². The van der Waals surface area contributed by atoms with Crippen LogP contribution in [0.5, 0.6) is 0 Å². The van der Waals surface area contributed by atoms with Gasteiger partial charge in [-0.25, -0.2) is 0 Å². The number of hydrogen-bond acceptors (Lipinski definition) is 3. The zero-order chi connectivity index (χ0) is 10.3. The Kier molecular flexibility index (Phi) is 5.37. The van der Waals surface area contributed by atoms with E-state index in [2.05, 4.69) is 10.7 Å². The molecule has 0 saturated heterocycles. The number of amides is 1. The minimum absolute atomic E-state index is 0.0279. The Balaban J connectivity index is 3.83. The van der Waals surface area contributed by atoms with Gasteiger partial charge in [0.1, 0.15) is 6.54 Å². The van der Waals surface area contributed by atoms with E-state index in [1.54, 1.807) is 0 Å². The largest absolute Gasteiger partial charge is 0.468 e. The van der Waals surface area contributed by atoms with Crippen LogP contribution in [-0.4, -0.2) is 37.5 Å². The summed E-state index contributed by atoms with van der Waals surface area (Å²) in [5.41, 5.74) is 0. The summed E-state index contributed by atoms with van der Waals surface area (Å²) in [4.78, 5) is 23.2. The number of likely N-dealkylation sites (N-methyl/N-ethyl adjacent to an activating group) is 1. The van der Waals surface area contributed by atoms with E-state index in [0.717, 1.165) is 0 Å². The summed E-state index contributed by atoms with van der Waals surface area (Å²) in [6.07, 6.45) is 5.65. The molecule has 0 radical (unpaired) electrons. The Morgan fingerprint density at radius 3 is 2.62 bits per heavy atom. The van der Waals surface area contributed by atoms with Gasteiger partial charge in [0.25, 0.3) is 0 Å². The lowest BCUT2D eigenvalue weighted by molar-refractivity contribution is -0.146. The average Bonchev–Trinajstić information content (AvgIpc) is 2.13. The molecule has 0 aliphatic rings. The molecular formula is C9H13NO3. The van der Waals surface area contributed by atoms with Crippen molar-refractivity contribution in [3.05, 3.63) is 0 Å². The van der Waals surface area contributed by atoms with Crippen molar-refractivity contribution >= 4 is 11.9 Å². The van der Waals surface area contributed by atoms with Gasteiger partial charge >= 0.3 is 5.97 Å². The molecule has 0 fully saturated rings.